The van der Waals surface area contributed by atoms with E-state index in [1.807, 2.05) is 6.07 Å². The molecule has 2 heterocycles. The minimum atomic E-state index is -1.04. The quantitative estimate of drug-likeness (QED) is 0.663. The van der Waals surface area contributed by atoms with Crippen molar-refractivity contribution in [3.05, 3.63) is 39.7 Å². The monoisotopic (exact) mass is 428 g/mol. The third-order valence-corrected chi connectivity index (χ3v) is 5.86. The Bertz CT molecular complexity index is 1090. The molecule has 31 heavy (non-hydrogen) atoms. The maximum atomic E-state index is 12.2. The van der Waals surface area contributed by atoms with Crippen molar-refractivity contribution < 1.29 is 28.6 Å². The molecular weight excluding hydrogens is 404 g/mol. The van der Waals surface area contributed by atoms with Crippen LogP contribution in [0.4, 0.5) is 0 Å². The van der Waals surface area contributed by atoms with Crippen LogP contribution in [0.15, 0.2) is 27.4 Å². The number of rotatable bonds is 6. The Morgan fingerprint density at radius 1 is 1.16 bits per heavy atom. The van der Waals surface area contributed by atoms with Gasteiger partial charge in [0.2, 0.25) is 5.91 Å². The average molecular weight is 428 g/mol. The second-order valence-electron chi connectivity index (χ2n) is 7.86. The number of likely N-dealkylation sites (tertiary alicyclic amines) is 1. The summed E-state index contributed by atoms with van der Waals surface area (Å²) in [6, 6.07) is 4.31. The summed E-state index contributed by atoms with van der Waals surface area (Å²) in [5.74, 6) is -1.61. The van der Waals surface area contributed by atoms with Gasteiger partial charge >= 0.3 is 11.6 Å². The molecule has 1 aromatic carbocycles. The molecule has 9 nitrogen and oxygen atoms in total. The Kier molecular flexibility index (Phi) is 5.92. The number of fused-ring (bicyclic) bond motifs is 3. The lowest BCUT2D eigenvalue weighted by Gasteiger charge is -2.21. The van der Waals surface area contributed by atoms with Crippen LogP contribution in [0.1, 0.15) is 36.8 Å². The molecule has 1 aliphatic heterocycles. The first-order valence-electron chi connectivity index (χ1n) is 10.4. The van der Waals surface area contributed by atoms with E-state index in [2.05, 4.69) is 5.32 Å². The number of nitrogens with one attached hydrogen (secondary N) is 1. The number of aryl methyl sites for hydroxylation is 1. The van der Waals surface area contributed by atoms with E-state index in [1.54, 1.807) is 12.1 Å². The third kappa shape index (κ3) is 4.40. The molecule has 1 unspecified atom stereocenters. The zero-order chi connectivity index (χ0) is 22.0. The first-order chi connectivity index (χ1) is 14.9. The van der Waals surface area contributed by atoms with Crippen LogP contribution in [0.25, 0.3) is 11.0 Å². The van der Waals surface area contributed by atoms with Crippen molar-refractivity contribution in [3.63, 3.8) is 0 Å². The molecule has 1 atom stereocenters. The number of aliphatic carboxylic acids is 1. The minimum absolute atomic E-state index is 0.287. The van der Waals surface area contributed by atoms with Crippen LogP contribution in [-0.2, 0) is 27.2 Å². The zero-order valence-corrected chi connectivity index (χ0v) is 17.0. The van der Waals surface area contributed by atoms with Crippen LogP contribution < -0.4 is 15.7 Å². The molecule has 4 rings (SSSR count). The van der Waals surface area contributed by atoms with E-state index in [1.165, 1.54) is 4.90 Å². The second-order valence-corrected chi connectivity index (χ2v) is 7.86. The molecule has 0 saturated carbocycles. The number of carboxylic acid groups (broad SMARTS) is 1. The Morgan fingerprint density at radius 2 is 1.94 bits per heavy atom. The molecule has 9 heteroatoms. The van der Waals surface area contributed by atoms with E-state index < -0.39 is 23.8 Å². The summed E-state index contributed by atoms with van der Waals surface area (Å²) in [6.45, 7) is -0.241. The number of nitrogens with zero attached hydrogens (tertiary/aromatic N) is 1. The highest BCUT2D eigenvalue weighted by atomic mass is 16.5. The summed E-state index contributed by atoms with van der Waals surface area (Å²) in [7, 11) is 0. The Morgan fingerprint density at radius 3 is 2.71 bits per heavy atom. The van der Waals surface area contributed by atoms with Gasteiger partial charge in [-0.3, -0.25) is 9.59 Å². The number of hydrogen-bond donors (Lipinski definition) is 2. The molecule has 1 fully saturated rings. The molecule has 2 N–H and O–H groups in total. The molecule has 2 aromatic rings. The minimum Gasteiger partial charge on any atom is -0.484 e. The molecule has 2 amide bonds. The van der Waals surface area contributed by atoms with Gasteiger partial charge in [-0.2, -0.15) is 0 Å². The number of carbonyl (C=O) groups excluding carboxylic acids is 2. The van der Waals surface area contributed by atoms with Crippen LogP contribution in [0.3, 0.4) is 0 Å². The first kappa shape index (κ1) is 20.9. The maximum Gasteiger partial charge on any atom is 0.339 e. The SMILES string of the molecule is O=C(COc1ccc2c3c(c(=O)oc2c1)CCCC3)NCC(=O)N1CCCC1C(=O)O. The number of amides is 2. The van der Waals surface area contributed by atoms with Crippen LogP contribution in [0.5, 0.6) is 5.75 Å². The lowest BCUT2D eigenvalue weighted by atomic mass is 9.91. The molecular formula is C22H24N2O7. The van der Waals surface area contributed by atoms with Crippen LogP contribution in [0, 0.1) is 0 Å². The highest BCUT2D eigenvalue weighted by Gasteiger charge is 2.33. The van der Waals surface area contributed by atoms with E-state index in [0.717, 1.165) is 42.2 Å². The maximum absolute atomic E-state index is 12.2. The van der Waals surface area contributed by atoms with Crippen LogP contribution in [0.2, 0.25) is 0 Å². The normalized spacial score (nSPS) is 17.9. The predicted molar refractivity (Wildman–Crippen MR) is 110 cm³/mol. The van der Waals surface area contributed by atoms with Crippen molar-refractivity contribution in [2.45, 2.75) is 44.6 Å². The van der Waals surface area contributed by atoms with Crippen molar-refractivity contribution in [3.8, 4) is 5.75 Å². The second kappa shape index (κ2) is 8.79. The lowest BCUT2D eigenvalue weighted by Crippen LogP contribution is -2.46. The zero-order valence-electron chi connectivity index (χ0n) is 17.0. The van der Waals surface area contributed by atoms with Gasteiger partial charge in [0.1, 0.15) is 17.4 Å². The van der Waals surface area contributed by atoms with Gasteiger partial charge in [-0.05, 0) is 56.2 Å². The Labute approximate surface area is 178 Å². The molecule has 0 spiro atoms. The number of hydrogen-bond acceptors (Lipinski definition) is 6. The van der Waals surface area contributed by atoms with E-state index in [-0.39, 0.29) is 18.8 Å². The van der Waals surface area contributed by atoms with E-state index in [0.29, 0.717) is 30.7 Å². The van der Waals surface area contributed by atoms with Gasteiger partial charge in [-0.1, -0.05) is 0 Å². The smallest absolute Gasteiger partial charge is 0.339 e. The summed E-state index contributed by atoms with van der Waals surface area (Å²) >= 11 is 0. The fourth-order valence-corrected chi connectivity index (χ4v) is 4.31. The molecule has 1 aliphatic carbocycles. The van der Waals surface area contributed by atoms with Gasteiger partial charge < -0.3 is 24.5 Å². The molecule has 1 saturated heterocycles. The molecule has 0 bridgehead atoms. The summed E-state index contributed by atoms with van der Waals surface area (Å²) in [6.07, 6.45) is 4.63. The van der Waals surface area contributed by atoms with Crippen molar-refractivity contribution >= 4 is 28.8 Å². The molecule has 164 valence electrons. The topological polar surface area (TPSA) is 126 Å². The lowest BCUT2D eigenvalue weighted by molar-refractivity contribution is -0.148. The number of ether oxygens (including phenoxy) is 1. The fourth-order valence-electron chi connectivity index (χ4n) is 4.31. The Hall–Kier alpha value is -3.36. The van der Waals surface area contributed by atoms with Gasteiger partial charge in [-0.15, -0.1) is 0 Å². The largest absolute Gasteiger partial charge is 0.484 e. The van der Waals surface area contributed by atoms with Gasteiger partial charge in [0.05, 0.1) is 6.54 Å². The van der Waals surface area contributed by atoms with E-state index in [9.17, 15) is 19.2 Å². The molecule has 0 radical (unpaired) electrons. The standard InChI is InChI=1S/C22H24N2O7/c25-19(23-11-20(26)24-9-3-6-17(24)21(27)28)12-30-13-7-8-15-14-4-1-2-5-16(14)22(29)31-18(15)10-13/h7-8,10,17H,1-6,9,11-12H2,(H,23,25)(H,27,28). The number of carbonyl (C=O) groups is 3. The molecule has 1 aromatic heterocycles. The predicted octanol–water partition coefficient (Wildman–Crippen LogP) is 1.24. The fraction of sp³-hybridized carbons (Fsp3) is 0.455. The summed E-state index contributed by atoms with van der Waals surface area (Å²) in [4.78, 5) is 48.9. The summed E-state index contributed by atoms with van der Waals surface area (Å²) in [5, 5.41) is 12.5. The van der Waals surface area contributed by atoms with E-state index >= 15 is 0 Å². The number of benzene rings is 1. The van der Waals surface area contributed by atoms with Crippen LogP contribution in [-0.4, -0.2) is 53.5 Å². The highest BCUT2D eigenvalue weighted by Crippen LogP contribution is 2.29. The van der Waals surface area contributed by atoms with Crippen molar-refractivity contribution in [2.24, 2.45) is 0 Å². The van der Waals surface area contributed by atoms with Gasteiger partial charge in [0.15, 0.2) is 6.61 Å². The summed E-state index contributed by atoms with van der Waals surface area (Å²) in [5.41, 5.74) is 1.88. The van der Waals surface area contributed by atoms with Crippen molar-refractivity contribution in [1.82, 2.24) is 10.2 Å². The van der Waals surface area contributed by atoms with Crippen molar-refractivity contribution in [2.75, 3.05) is 19.7 Å². The van der Waals surface area contributed by atoms with E-state index in [4.69, 9.17) is 14.3 Å². The molecule has 2 aliphatic rings. The van der Waals surface area contributed by atoms with Crippen LogP contribution >= 0.6 is 0 Å². The van der Waals surface area contributed by atoms with Crippen molar-refractivity contribution in [1.29, 1.82) is 0 Å². The first-order valence-corrected chi connectivity index (χ1v) is 10.4. The van der Waals surface area contributed by atoms with Gasteiger partial charge in [0, 0.05) is 23.6 Å². The Balaban J connectivity index is 1.34. The average Bonchev–Trinajstić information content (AvgIpc) is 3.26. The third-order valence-electron chi connectivity index (χ3n) is 5.86. The summed E-state index contributed by atoms with van der Waals surface area (Å²) < 4.78 is 10.9. The van der Waals surface area contributed by atoms with Gasteiger partial charge in [0.25, 0.3) is 5.91 Å². The highest BCUT2D eigenvalue weighted by molar-refractivity contribution is 5.89. The van der Waals surface area contributed by atoms with Gasteiger partial charge in [-0.25, -0.2) is 9.59 Å². The number of carboxylic acids is 1.